The largest absolute Gasteiger partial charge is 0.0961 e. The summed E-state index contributed by atoms with van der Waals surface area (Å²) in [5.41, 5.74) is 3.94. The molecular formula is C17H24. The summed E-state index contributed by atoms with van der Waals surface area (Å²) >= 11 is 0. The minimum absolute atomic E-state index is 0.631. The summed E-state index contributed by atoms with van der Waals surface area (Å²) in [4.78, 5) is 0. The lowest BCUT2D eigenvalue weighted by atomic mass is 10.0. The summed E-state index contributed by atoms with van der Waals surface area (Å²) in [6.45, 7) is 22.1. The molecule has 0 amide bonds. The molecule has 0 rings (SSSR count). The standard InChI is InChI=1S/C17H24/c1-13(2)8-10-16(6)17(7)11-9-15(5)12-14(3)4/h8-11,14H,1,5-7,12H2,2-4H3/b10-8-,11-9-. The maximum atomic E-state index is 4.01. The van der Waals surface area contributed by atoms with E-state index in [-0.39, 0.29) is 0 Å². The van der Waals surface area contributed by atoms with Gasteiger partial charge in [-0.2, -0.15) is 0 Å². The van der Waals surface area contributed by atoms with Crippen molar-refractivity contribution in [2.75, 3.05) is 0 Å². The average molecular weight is 228 g/mol. The van der Waals surface area contributed by atoms with Gasteiger partial charge in [0.15, 0.2) is 0 Å². The zero-order chi connectivity index (χ0) is 13.4. The molecule has 0 saturated carbocycles. The molecule has 0 nitrogen and oxygen atoms in total. The molecule has 0 bridgehead atoms. The van der Waals surface area contributed by atoms with Crippen molar-refractivity contribution in [3.8, 4) is 0 Å². The Kier molecular flexibility index (Phi) is 6.97. The van der Waals surface area contributed by atoms with Crippen molar-refractivity contribution >= 4 is 0 Å². The lowest BCUT2D eigenvalue weighted by Gasteiger charge is -2.04. The Bertz CT molecular complexity index is 373. The monoisotopic (exact) mass is 228 g/mol. The van der Waals surface area contributed by atoms with Crippen LogP contribution in [0.15, 0.2) is 72.9 Å². The lowest BCUT2D eigenvalue weighted by Crippen LogP contribution is -1.87. The van der Waals surface area contributed by atoms with Gasteiger partial charge in [-0.1, -0.05) is 75.6 Å². The second-order valence-electron chi connectivity index (χ2n) is 4.82. The van der Waals surface area contributed by atoms with Crippen LogP contribution in [0.3, 0.4) is 0 Å². The summed E-state index contributed by atoms with van der Waals surface area (Å²) in [6.07, 6.45) is 8.86. The highest BCUT2D eigenvalue weighted by atomic mass is 14.0. The van der Waals surface area contributed by atoms with Gasteiger partial charge in [-0.05, 0) is 30.4 Å². The van der Waals surface area contributed by atoms with E-state index < -0.39 is 0 Å². The molecule has 92 valence electrons. The van der Waals surface area contributed by atoms with E-state index in [1.165, 1.54) is 0 Å². The Morgan fingerprint density at radius 2 is 1.35 bits per heavy atom. The number of rotatable bonds is 7. The van der Waals surface area contributed by atoms with Crippen molar-refractivity contribution in [2.45, 2.75) is 27.2 Å². The van der Waals surface area contributed by atoms with Gasteiger partial charge >= 0.3 is 0 Å². The van der Waals surface area contributed by atoms with E-state index in [0.717, 1.165) is 28.7 Å². The summed E-state index contributed by atoms with van der Waals surface area (Å²) in [6, 6.07) is 0. The van der Waals surface area contributed by atoms with E-state index in [0.29, 0.717) is 5.92 Å². The first-order chi connectivity index (χ1) is 7.82. The molecule has 0 heterocycles. The van der Waals surface area contributed by atoms with Gasteiger partial charge in [0.05, 0.1) is 0 Å². The third-order valence-corrected chi connectivity index (χ3v) is 2.17. The fourth-order valence-corrected chi connectivity index (χ4v) is 1.27. The van der Waals surface area contributed by atoms with E-state index in [4.69, 9.17) is 0 Å². The second kappa shape index (κ2) is 7.67. The van der Waals surface area contributed by atoms with Gasteiger partial charge in [0.2, 0.25) is 0 Å². The Balaban J connectivity index is 4.35. The van der Waals surface area contributed by atoms with Crippen molar-refractivity contribution in [3.05, 3.63) is 72.9 Å². The van der Waals surface area contributed by atoms with Gasteiger partial charge in [-0.25, -0.2) is 0 Å². The van der Waals surface area contributed by atoms with Crippen LogP contribution in [0.1, 0.15) is 27.2 Å². The minimum Gasteiger partial charge on any atom is -0.0961 e. The quantitative estimate of drug-likeness (QED) is 0.512. The fraction of sp³-hybridized carbons (Fsp3) is 0.294. The van der Waals surface area contributed by atoms with Crippen molar-refractivity contribution in [1.29, 1.82) is 0 Å². The molecule has 0 aliphatic heterocycles. The van der Waals surface area contributed by atoms with Gasteiger partial charge in [0, 0.05) is 0 Å². The highest BCUT2D eigenvalue weighted by molar-refractivity contribution is 5.45. The van der Waals surface area contributed by atoms with E-state index in [9.17, 15) is 0 Å². The SMILES string of the molecule is C=C(C)/C=C\C(=C)C(=C)/C=C\C(=C)CC(C)C. The Morgan fingerprint density at radius 3 is 1.76 bits per heavy atom. The predicted molar refractivity (Wildman–Crippen MR) is 80.0 cm³/mol. The molecule has 0 unspecified atom stereocenters. The minimum atomic E-state index is 0.631. The molecule has 17 heavy (non-hydrogen) atoms. The third kappa shape index (κ3) is 8.27. The van der Waals surface area contributed by atoms with Crippen molar-refractivity contribution < 1.29 is 0 Å². The highest BCUT2D eigenvalue weighted by Gasteiger charge is 1.96. The zero-order valence-electron chi connectivity index (χ0n) is 11.4. The van der Waals surface area contributed by atoms with E-state index in [2.05, 4.69) is 40.2 Å². The molecule has 0 aromatic rings. The number of hydrogen-bond donors (Lipinski definition) is 0. The van der Waals surface area contributed by atoms with Gasteiger partial charge in [-0.15, -0.1) is 0 Å². The van der Waals surface area contributed by atoms with Crippen molar-refractivity contribution in [2.24, 2.45) is 5.92 Å². The molecule has 0 fully saturated rings. The van der Waals surface area contributed by atoms with Gasteiger partial charge in [-0.3, -0.25) is 0 Å². The third-order valence-electron chi connectivity index (χ3n) is 2.17. The summed E-state index contributed by atoms with van der Waals surface area (Å²) in [5.74, 6) is 0.631. The van der Waals surface area contributed by atoms with Gasteiger partial charge < -0.3 is 0 Å². The topological polar surface area (TPSA) is 0 Å². The molecule has 0 aliphatic carbocycles. The van der Waals surface area contributed by atoms with Crippen LogP contribution in [0.2, 0.25) is 0 Å². The first kappa shape index (κ1) is 15.4. The van der Waals surface area contributed by atoms with Crippen LogP contribution in [0.4, 0.5) is 0 Å². The fourth-order valence-electron chi connectivity index (χ4n) is 1.27. The Hall–Kier alpha value is -1.56. The van der Waals surface area contributed by atoms with Crippen LogP contribution in [0, 0.1) is 5.92 Å². The van der Waals surface area contributed by atoms with Gasteiger partial charge in [0.1, 0.15) is 0 Å². The first-order valence-electron chi connectivity index (χ1n) is 5.90. The van der Waals surface area contributed by atoms with Crippen molar-refractivity contribution in [1.82, 2.24) is 0 Å². The molecule has 0 heteroatoms. The molecule has 0 radical (unpaired) electrons. The lowest BCUT2D eigenvalue weighted by molar-refractivity contribution is 0.651. The number of allylic oxidation sites excluding steroid dienone is 8. The normalized spacial score (nSPS) is 11.3. The summed E-state index contributed by atoms with van der Waals surface area (Å²) < 4.78 is 0. The molecule has 0 atom stereocenters. The van der Waals surface area contributed by atoms with Crippen molar-refractivity contribution in [3.63, 3.8) is 0 Å². The number of hydrogen-bond acceptors (Lipinski definition) is 0. The van der Waals surface area contributed by atoms with Crippen LogP contribution in [-0.4, -0.2) is 0 Å². The molecule has 0 aromatic heterocycles. The predicted octanol–water partition coefficient (Wildman–Crippen LogP) is 5.39. The Labute approximate surface area is 106 Å². The van der Waals surface area contributed by atoms with Crippen LogP contribution in [0.25, 0.3) is 0 Å². The van der Waals surface area contributed by atoms with E-state index in [1.807, 2.05) is 31.2 Å². The molecule has 0 N–H and O–H groups in total. The Morgan fingerprint density at radius 1 is 0.882 bits per heavy atom. The maximum absolute atomic E-state index is 4.01. The van der Waals surface area contributed by atoms with Crippen LogP contribution in [-0.2, 0) is 0 Å². The van der Waals surface area contributed by atoms with Gasteiger partial charge in [0.25, 0.3) is 0 Å². The molecule has 0 aliphatic rings. The molecule has 0 aromatic carbocycles. The second-order valence-corrected chi connectivity index (χ2v) is 4.82. The van der Waals surface area contributed by atoms with E-state index >= 15 is 0 Å². The molecule has 0 spiro atoms. The van der Waals surface area contributed by atoms with Crippen LogP contribution < -0.4 is 0 Å². The summed E-state index contributed by atoms with van der Waals surface area (Å²) in [7, 11) is 0. The molecular weight excluding hydrogens is 204 g/mol. The smallest absolute Gasteiger partial charge is 0.0262 e. The highest BCUT2D eigenvalue weighted by Crippen LogP contribution is 2.14. The van der Waals surface area contributed by atoms with Crippen LogP contribution in [0.5, 0.6) is 0 Å². The van der Waals surface area contributed by atoms with Crippen LogP contribution >= 0.6 is 0 Å². The van der Waals surface area contributed by atoms with E-state index in [1.54, 1.807) is 0 Å². The molecule has 0 saturated heterocycles. The summed E-state index contributed by atoms with van der Waals surface area (Å²) in [5, 5.41) is 0. The average Bonchev–Trinajstić information content (AvgIpc) is 2.21. The zero-order valence-corrected chi connectivity index (χ0v) is 11.4. The maximum Gasteiger partial charge on any atom is -0.0262 e. The first-order valence-corrected chi connectivity index (χ1v) is 5.90.